The topological polar surface area (TPSA) is 92.8 Å². The number of carbonyl (C=O) groups is 2. The van der Waals surface area contributed by atoms with E-state index in [0.717, 1.165) is 12.5 Å². The third-order valence-corrected chi connectivity index (χ3v) is 5.85. The second kappa shape index (κ2) is 7.88. The average molecular weight is 441 g/mol. The molecule has 2 aromatic rings. The monoisotopic (exact) mass is 440 g/mol. The largest absolute Gasteiger partial charge is 0.497 e. The van der Waals surface area contributed by atoms with Crippen LogP contribution in [0, 0.1) is 6.92 Å². The van der Waals surface area contributed by atoms with Gasteiger partial charge in [0, 0.05) is 11.4 Å². The molecule has 0 bridgehead atoms. The third-order valence-electron chi connectivity index (χ3n) is 3.47. The number of methoxy groups -OCH3 is 1. The van der Waals surface area contributed by atoms with E-state index in [2.05, 4.69) is 21.4 Å². The Morgan fingerprint density at radius 2 is 1.73 bits per heavy atom. The molecule has 0 unspecified atom stereocenters. The molecule has 26 heavy (non-hydrogen) atoms. The molecule has 0 aliphatic rings. The number of benzene rings is 2. The molecule has 0 heterocycles. The summed E-state index contributed by atoms with van der Waals surface area (Å²) in [7, 11) is -2.80. The number of hydrogen-bond donors (Lipinski definition) is 1. The zero-order valence-electron chi connectivity index (χ0n) is 14.3. The third kappa shape index (κ3) is 4.23. The lowest BCUT2D eigenvalue weighted by Crippen LogP contribution is -2.48. The first-order valence-corrected chi connectivity index (χ1v) is 9.67. The van der Waals surface area contributed by atoms with Crippen molar-refractivity contribution >= 4 is 37.8 Å². The molecular formula is C17H17BrN2O5S. The highest BCUT2D eigenvalue weighted by Crippen LogP contribution is 2.23. The number of amides is 2. The molecule has 0 fully saturated rings. The van der Waals surface area contributed by atoms with E-state index in [9.17, 15) is 18.0 Å². The van der Waals surface area contributed by atoms with Crippen molar-refractivity contribution in [1.82, 2.24) is 9.84 Å². The highest BCUT2D eigenvalue weighted by atomic mass is 79.9. The van der Waals surface area contributed by atoms with Gasteiger partial charge in [0.2, 0.25) is 0 Å². The van der Waals surface area contributed by atoms with Gasteiger partial charge < -0.3 is 4.74 Å². The molecule has 0 aromatic heterocycles. The van der Waals surface area contributed by atoms with Crippen LogP contribution in [0.2, 0.25) is 0 Å². The van der Waals surface area contributed by atoms with Gasteiger partial charge >= 0.3 is 0 Å². The van der Waals surface area contributed by atoms with Gasteiger partial charge in [0.05, 0.1) is 17.6 Å². The Balaban J connectivity index is 2.38. The predicted octanol–water partition coefficient (Wildman–Crippen LogP) is 2.65. The van der Waals surface area contributed by atoms with Crippen molar-refractivity contribution in [3.05, 3.63) is 58.1 Å². The van der Waals surface area contributed by atoms with Crippen molar-refractivity contribution in [2.45, 2.75) is 18.7 Å². The molecule has 2 aromatic carbocycles. The zero-order valence-corrected chi connectivity index (χ0v) is 16.7. The molecule has 2 amide bonds. The first-order valence-electron chi connectivity index (χ1n) is 7.44. The molecule has 7 nitrogen and oxygen atoms in total. The van der Waals surface area contributed by atoms with Crippen molar-refractivity contribution in [1.29, 1.82) is 0 Å². The molecule has 0 saturated heterocycles. The van der Waals surface area contributed by atoms with Crippen LogP contribution in [0.3, 0.4) is 0 Å². The predicted molar refractivity (Wildman–Crippen MR) is 99.0 cm³/mol. The minimum absolute atomic E-state index is 0.108. The number of sulfonamides is 1. The van der Waals surface area contributed by atoms with Crippen LogP contribution in [0.4, 0.5) is 0 Å². The number of hydrogen-bond acceptors (Lipinski definition) is 5. The second-order valence-electron chi connectivity index (χ2n) is 5.39. The van der Waals surface area contributed by atoms with E-state index < -0.39 is 21.8 Å². The summed E-state index contributed by atoms with van der Waals surface area (Å²) in [6.07, 6.45) is 0. The summed E-state index contributed by atoms with van der Waals surface area (Å²) >= 11 is 3.22. The fourth-order valence-corrected chi connectivity index (χ4v) is 3.74. The van der Waals surface area contributed by atoms with Crippen LogP contribution < -0.4 is 10.2 Å². The maximum Gasteiger partial charge on any atom is 0.284 e. The van der Waals surface area contributed by atoms with Crippen LogP contribution in [0.1, 0.15) is 22.8 Å². The SMILES string of the molecule is COc1ccc(Br)c(C(=O)NN(C(C)=O)S(=O)(=O)c2ccc(C)cc2)c1. The lowest BCUT2D eigenvalue weighted by molar-refractivity contribution is -0.125. The molecule has 0 spiro atoms. The van der Waals surface area contributed by atoms with Gasteiger partial charge in [0.15, 0.2) is 0 Å². The Kier molecular flexibility index (Phi) is 6.04. The minimum Gasteiger partial charge on any atom is -0.497 e. The zero-order chi connectivity index (χ0) is 19.5. The first kappa shape index (κ1) is 19.9. The number of hydrazine groups is 1. The summed E-state index contributed by atoms with van der Waals surface area (Å²) in [5, 5.41) is 0. The van der Waals surface area contributed by atoms with Gasteiger partial charge in [-0.05, 0) is 53.2 Å². The summed E-state index contributed by atoms with van der Waals surface area (Å²) < 4.78 is 31.2. The molecule has 1 N–H and O–H groups in total. The van der Waals surface area contributed by atoms with Gasteiger partial charge in [-0.3, -0.25) is 9.59 Å². The molecule has 0 radical (unpaired) electrons. The van der Waals surface area contributed by atoms with Crippen molar-refractivity contribution in [2.24, 2.45) is 0 Å². The maximum absolute atomic E-state index is 12.7. The van der Waals surface area contributed by atoms with Crippen molar-refractivity contribution < 1.29 is 22.7 Å². The Morgan fingerprint density at radius 1 is 1.12 bits per heavy atom. The molecule has 138 valence electrons. The van der Waals surface area contributed by atoms with E-state index in [0.29, 0.717) is 14.6 Å². The molecule has 0 aliphatic heterocycles. The Hall–Kier alpha value is -2.39. The van der Waals surface area contributed by atoms with E-state index in [4.69, 9.17) is 4.74 Å². The molecule has 0 aliphatic carbocycles. The number of carbonyl (C=O) groups excluding carboxylic acids is 2. The van der Waals surface area contributed by atoms with Gasteiger partial charge in [-0.15, -0.1) is 4.41 Å². The van der Waals surface area contributed by atoms with Crippen LogP contribution in [-0.2, 0) is 14.8 Å². The maximum atomic E-state index is 12.7. The number of halogens is 1. The van der Waals surface area contributed by atoms with Crippen LogP contribution >= 0.6 is 15.9 Å². The number of nitrogens with one attached hydrogen (secondary N) is 1. The highest BCUT2D eigenvalue weighted by molar-refractivity contribution is 9.10. The summed E-state index contributed by atoms with van der Waals surface area (Å²) in [5.41, 5.74) is 3.13. The van der Waals surface area contributed by atoms with Crippen molar-refractivity contribution in [3.8, 4) is 5.75 Å². The van der Waals surface area contributed by atoms with Crippen molar-refractivity contribution in [2.75, 3.05) is 7.11 Å². The molecule has 9 heteroatoms. The van der Waals surface area contributed by atoms with Gasteiger partial charge in [-0.25, -0.2) is 5.43 Å². The quantitative estimate of drug-likeness (QED) is 0.737. The smallest absolute Gasteiger partial charge is 0.284 e. The van der Waals surface area contributed by atoms with Gasteiger partial charge in [-0.2, -0.15) is 8.42 Å². The summed E-state index contributed by atoms with van der Waals surface area (Å²) in [5.74, 6) is -1.21. The van der Waals surface area contributed by atoms with Crippen LogP contribution in [0.15, 0.2) is 51.8 Å². The van der Waals surface area contributed by atoms with Crippen molar-refractivity contribution in [3.63, 3.8) is 0 Å². The number of aryl methyl sites for hydroxylation is 1. The summed E-state index contributed by atoms with van der Waals surface area (Å²) in [6, 6.07) is 10.6. The molecular weight excluding hydrogens is 424 g/mol. The highest BCUT2D eigenvalue weighted by Gasteiger charge is 2.29. The number of ether oxygens (including phenoxy) is 1. The van der Waals surface area contributed by atoms with Gasteiger partial charge in [0.1, 0.15) is 5.75 Å². The standard InChI is InChI=1S/C17H17BrN2O5S/c1-11-4-7-14(8-5-11)26(23,24)20(12(2)21)19-17(22)15-10-13(25-3)6-9-16(15)18/h4-10H,1-3H3,(H,19,22). The molecule has 0 atom stereocenters. The summed E-state index contributed by atoms with van der Waals surface area (Å²) in [6.45, 7) is 2.86. The number of rotatable bonds is 4. The van der Waals surface area contributed by atoms with Crippen LogP contribution in [-0.4, -0.2) is 31.8 Å². The lowest BCUT2D eigenvalue weighted by Gasteiger charge is -2.22. The van der Waals surface area contributed by atoms with E-state index in [1.54, 1.807) is 31.2 Å². The lowest BCUT2D eigenvalue weighted by atomic mass is 10.2. The van der Waals surface area contributed by atoms with Crippen LogP contribution in [0.5, 0.6) is 5.75 Å². The van der Waals surface area contributed by atoms with Gasteiger partial charge in [0.25, 0.3) is 21.8 Å². The van der Waals surface area contributed by atoms with Crippen LogP contribution in [0.25, 0.3) is 0 Å². The minimum atomic E-state index is -4.24. The fourth-order valence-electron chi connectivity index (χ4n) is 2.08. The normalized spacial score (nSPS) is 10.9. The average Bonchev–Trinajstić information content (AvgIpc) is 2.59. The Morgan fingerprint density at radius 3 is 2.27 bits per heavy atom. The van der Waals surface area contributed by atoms with E-state index in [-0.39, 0.29) is 10.5 Å². The Labute approximate surface area is 160 Å². The first-order chi connectivity index (χ1) is 12.2. The summed E-state index contributed by atoms with van der Waals surface area (Å²) in [4.78, 5) is 24.3. The fraction of sp³-hybridized carbons (Fsp3) is 0.176. The molecule has 2 rings (SSSR count). The van der Waals surface area contributed by atoms with E-state index in [1.165, 1.54) is 25.3 Å². The van der Waals surface area contributed by atoms with E-state index >= 15 is 0 Å². The van der Waals surface area contributed by atoms with Gasteiger partial charge in [-0.1, -0.05) is 17.7 Å². The molecule has 0 saturated carbocycles. The number of nitrogens with zero attached hydrogens (tertiary/aromatic N) is 1. The second-order valence-corrected chi connectivity index (χ2v) is 8.03. The van der Waals surface area contributed by atoms with E-state index in [1.807, 2.05) is 0 Å². The Bertz CT molecular complexity index is 942.